The lowest BCUT2D eigenvalue weighted by molar-refractivity contribution is -0.148. The average molecular weight is 306 g/mol. The maximum absolute atomic E-state index is 12.0. The minimum atomic E-state index is -0.863. The van der Waals surface area contributed by atoms with Crippen molar-refractivity contribution in [2.45, 2.75) is 32.8 Å². The van der Waals surface area contributed by atoms with Crippen LogP contribution in [-0.2, 0) is 19.1 Å². The maximum atomic E-state index is 12.0. The molecule has 0 fully saturated rings. The molecule has 5 nitrogen and oxygen atoms in total. The smallest absolute Gasteiger partial charge is 0.337 e. The van der Waals surface area contributed by atoms with Gasteiger partial charge in [-0.1, -0.05) is 32.1 Å². The molecule has 0 heterocycles. The first-order valence-corrected chi connectivity index (χ1v) is 7.16. The van der Waals surface area contributed by atoms with E-state index in [1.807, 2.05) is 6.92 Å². The van der Waals surface area contributed by atoms with E-state index >= 15 is 0 Å². The summed E-state index contributed by atoms with van der Waals surface area (Å²) in [5, 5.41) is 0. The number of rotatable bonds is 8. The van der Waals surface area contributed by atoms with Gasteiger partial charge in [-0.05, 0) is 24.1 Å². The summed E-state index contributed by atoms with van der Waals surface area (Å²) in [5.74, 6) is -0.389. The molecular weight excluding hydrogens is 284 g/mol. The van der Waals surface area contributed by atoms with Crippen molar-refractivity contribution in [3.63, 3.8) is 0 Å². The zero-order valence-corrected chi connectivity index (χ0v) is 13.3. The van der Waals surface area contributed by atoms with E-state index in [1.54, 1.807) is 31.4 Å². The molecule has 1 unspecified atom stereocenters. The summed E-state index contributed by atoms with van der Waals surface area (Å²) in [4.78, 5) is 23.3. The van der Waals surface area contributed by atoms with Crippen molar-refractivity contribution in [2.75, 3.05) is 13.7 Å². The first kappa shape index (κ1) is 17.8. The van der Waals surface area contributed by atoms with Crippen LogP contribution in [0, 0.1) is 0 Å². The summed E-state index contributed by atoms with van der Waals surface area (Å²) >= 11 is 0. The van der Waals surface area contributed by atoms with E-state index < -0.39 is 18.0 Å². The highest BCUT2D eigenvalue weighted by Crippen LogP contribution is 2.27. The highest BCUT2D eigenvalue weighted by Gasteiger charge is 2.25. The quantitative estimate of drug-likeness (QED) is 0.419. The van der Waals surface area contributed by atoms with Gasteiger partial charge in [0.2, 0.25) is 0 Å². The number of hydrogen-bond acceptors (Lipinski definition) is 5. The molecule has 120 valence electrons. The molecule has 0 spiro atoms. The molecular formula is C17H22O5. The molecule has 0 radical (unpaired) electrons. The molecule has 1 rings (SSSR count). The van der Waals surface area contributed by atoms with Crippen LogP contribution in [0.1, 0.15) is 38.4 Å². The number of benzene rings is 1. The molecule has 1 aromatic rings. The van der Waals surface area contributed by atoms with Gasteiger partial charge in [-0.2, -0.15) is 0 Å². The van der Waals surface area contributed by atoms with Crippen LogP contribution in [-0.4, -0.2) is 25.7 Å². The number of ether oxygens (including phenoxy) is 3. The Morgan fingerprint density at radius 3 is 2.36 bits per heavy atom. The average Bonchev–Trinajstić information content (AvgIpc) is 2.52. The fourth-order valence-electron chi connectivity index (χ4n) is 1.79. The third kappa shape index (κ3) is 5.24. The van der Waals surface area contributed by atoms with E-state index in [0.29, 0.717) is 17.9 Å². The number of hydrogen-bond donors (Lipinski definition) is 0. The Labute approximate surface area is 130 Å². The van der Waals surface area contributed by atoms with E-state index in [1.165, 1.54) is 6.92 Å². The van der Waals surface area contributed by atoms with E-state index in [0.717, 1.165) is 12.8 Å². The predicted octanol–water partition coefficient (Wildman–Crippen LogP) is 3.20. The second kappa shape index (κ2) is 8.87. The van der Waals surface area contributed by atoms with Crippen LogP contribution >= 0.6 is 0 Å². The predicted molar refractivity (Wildman–Crippen MR) is 82.5 cm³/mol. The lowest BCUT2D eigenvalue weighted by Gasteiger charge is -2.19. The largest absolute Gasteiger partial charge is 0.497 e. The van der Waals surface area contributed by atoms with Crippen molar-refractivity contribution in [1.29, 1.82) is 0 Å². The topological polar surface area (TPSA) is 61.8 Å². The minimum Gasteiger partial charge on any atom is -0.497 e. The van der Waals surface area contributed by atoms with Gasteiger partial charge in [0, 0.05) is 6.92 Å². The fourth-order valence-corrected chi connectivity index (χ4v) is 1.79. The molecule has 1 aromatic carbocycles. The van der Waals surface area contributed by atoms with Gasteiger partial charge in [0.25, 0.3) is 0 Å². The van der Waals surface area contributed by atoms with Crippen LogP contribution < -0.4 is 4.74 Å². The fraction of sp³-hybridized carbons (Fsp3) is 0.412. The van der Waals surface area contributed by atoms with Crippen molar-refractivity contribution in [1.82, 2.24) is 0 Å². The molecule has 0 N–H and O–H groups in total. The molecule has 0 amide bonds. The van der Waals surface area contributed by atoms with E-state index in [4.69, 9.17) is 14.2 Å². The molecule has 0 aliphatic heterocycles. The molecule has 0 saturated heterocycles. The van der Waals surface area contributed by atoms with Gasteiger partial charge in [-0.25, -0.2) is 4.79 Å². The molecule has 0 aromatic heterocycles. The summed E-state index contributed by atoms with van der Waals surface area (Å²) in [6.45, 7) is 7.33. The molecule has 0 bridgehead atoms. The number of methoxy groups -OCH3 is 1. The first-order chi connectivity index (χ1) is 10.5. The van der Waals surface area contributed by atoms with Gasteiger partial charge >= 0.3 is 11.9 Å². The summed E-state index contributed by atoms with van der Waals surface area (Å²) < 4.78 is 15.4. The van der Waals surface area contributed by atoms with Gasteiger partial charge in [-0.15, -0.1) is 0 Å². The van der Waals surface area contributed by atoms with Crippen molar-refractivity contribution < 1.29 is 23.8 Å². The number of unbranched alkanes of at least 4 members (excludes halogenated alkanes) is 1. The lowest BCUT2D eigenvalue weighted by Crippen LogP contribution is -2.18. The van der Waals surface area contributed by atoms with Crippen LogP contribution in [0.5, 0.6) is 5.75 Å². The van der Waals surface area contributed by atoms with Crippen molar-refractivity contribution >= 4 is 11.9 Å². The zero-order valence-electron chi connectivity index (χ0n) is 13.3. The molecule has 1 atom stereocenters. The SMILES string of the molecule is C=C(C(=O)OCCCC)C(OC(C)=O)c1ccc(OC)cc1. The Balaban J connectivity index is 2.88. The summed E-state index contributed by atoms with van der Waals surface area (Å²) in [5.41, 5.74) is 0.727. The van der Waals surface area contributed by atoms with Gasteiger partial charge in [0.15, 0.2) is 6.10 Å². The van der Waals surface area contributed by atoms with Crippen molar-refractivity contribution in [3.8, 4) is 5.75 Å². The highest BCUT2D eigenvalue weighted by molar-refractivity contribution is 5.89. The van der Waals surface area contributed by atoms with Gasteiger partial charge in [-0.3, -0.25) is 4.79 Å². The molecule has 5 heteroatoms. The summed E-state index contributed by atoms with van der Waals surface area (Å²) in [7, 11) is 1.56. The van der Waals surface area contributed by atoms with Crippen LogP contribution in [0.3, 0.4) is 0 Å². The lowest BCUT2D eigenvalue weighted by atomic mass is 10.0. The van der Waals surface area contributed by atoms with Gasteiger partial charge in [0.1, 0.15) is 5.75 Å². The number of carbonyl (C=O) groups is 2. The highest BCUT2D eigenvalue weighted by atomic mass is 16.6. The van der Waals surface area contributed by atoms with Crippen molar-refractivity contribution in [2.24, 2.45) is 0 Å². The summed E-state index contributed by atoms with van der Waals surface area (Å²) in [6.07, 6.45) is 0.836. The zero-order chi connectivity index (χ0) is 16.5. The van der Waals surface area contributed by atoms with Crippen LogP contribution in [0.2, 0.25) is 0 Å². The Morgan fingerprint density at radius 1 is 1.23 bits per heavy atom. The summed E-state index contributed by atoms with van der Waals surface area (Å²) in [6, 6.07) is 6.89. The molecule has 0 aliphatic rings. The van der Waals surface area contributed by atoms with E-state index in [2.05, 4.69) is 6.58 Å². The molecule has 0 aliphatic carbocycles. The van der Waals surface area contributed by atoms with Crippen LogP contribution in [0.4, 0.5) is 0 Å². The van der Waals surface area contributed by atoms with Gasteiger partial charge in [0.05, 0.1) is 19.3 Å². The van der Waals surface area contributed by atoms with Crippen LogP contribution in [0.15, 0.2) is 36.4 Å². The van der Waals surface area contributed by atoms with Crippen molar-refractivity contribution in [3.05, 3.63) is 42.0 Å². The Hall–Kier alpha value is -2.30. The third-order valence-electron chi connectivity index (χ3n) is 3.01. The maximum Gasteiger partial charge on any atom is 0.337 e. The Morgan fingerprint density at radius 2 is 1.86 bits per heavy atom. The second-order valence-electron chi connectivity index (χ2n) is 4.78. The Bertz CT molecular complexity index is 518. The minimum absolute atomic E-state index is 0.0940. The monoisotopic (exact) mass is 306 g/mol. The Kier molecular flexibility index (Phi) is 7.16. The van der Waals surface area contributed by atoms with E-state index in [-0.39, 0.29) is 5.57 Å². The first-order valence-electron chi connectivity index (χ1n) is 7.16. The van der Waals surface area contributed by atoms with E-state index in [9.17, 15) is 9.59 Å². The number of esters is 2. The van der Waals surface area contributed by atoms with Crippen LogP contribution in [0.25, 0.3) is 0 Å². The standard InChI is InChI=1S/C17H22O5/c1-5-6-11-21-17(19)12(2)16(22-13(3)18)14-7-9-15(20-4)10-8-14/h7-10,16H,2,5-6,11H2,1,3-4H3. The molecule has 22 heavy (non-hydrogen) atoms. The third-order valence-corrected chi connectivity index (χ3v) is 3.01. The van der Waals surface area contributed by atoms with Gasteiger partial charge < -0.3 is 14.2 Å². The second-order valence-corrected chi connectivity index (χ2v) is 4.78. The normalized spacial score (nSPS) is 11.4. The molecule has 0 saturated carbocycles. The number of carbonyl (C=O) groups excluding carboxylic acids is 2.